The lowest BCUT2D eigenvalue weighted by atomic mass is 9.77. The maximum Gasteiger partial charge on any atom is 0.320 e. The van der Waals surface area contributed by atoms with Crippen molar-refractivity contribution in [3.63, 3.8) is 0 Å². The molecule has 0 spiro atoms. The van der Waals surface area contributed by atoms with Crippen molar-refractivity contribution in [2.24, 2.45) is 16.3 Å². The number of esters is 2. The van der Waals surface area contributed by atoms with Crippen LogP contribution in [0, 0.1) is 11.3 Å². The highest BCUT2D eigenvalue weighted by molar-refractivity contribution is 5.95. The Morgan fingerprint density at radius 1 is 0.938 bits per heavy atom. The van der Waals surface area contributed by atoms with E-state index in [1.807, 2.05) is 75.4 Å². The Hall–Kier alpha value is -3.15. The van der Waals surface area contributed by atoms with Gasteiger partial charge >= 0.3 is 11.9 Å². The van der Waals surface area contributed by atoms with E-state index in [-0.39, 0.29) is 19.6 Å². The van der Waals surface area contributed by atoms with E-state index in [2.05, 4.69) is 0 Å². The van der Waals surface area contributed by atoms with E-state index in [0.29, 0.717) is 5.90 Å². The lowest BCUT2D eigenvalue weighted by Gasteiger charge is -2.42. The van der Waals surface area contributed by atoms with Crippen LogP contribution < -0.4 is 0 Å². The van der Waals surface area contributed by atoms with Gasteiger partial charge in [-0.2, -0.15) is 0 Å². The highest BCUT2D eigenvalue weighted by Crippen LogP contribution is 2.48. The number of carbonyl (C=O) groups is 2. The van der Waals surface area contributed by atoms with Crippen LogP contribution in [0.25, 0.3) is 0 Å². The van der Waals surface area contributed by atoms with Gasteiger partial charge in [0.25, 0.3) is 0 Å². The Balaban J connectivity index is 2.23. The maximum atomic E-state index is 12.9. The number of rotatable bonds is 7. The molecular weight excluding hydrogens is 406 g/mol. The summed E-state index contributed by atoms with van der Waals surface area (Å²) >= 11 is 0. The fraction of sp³-hybridized carbons (Fsp3) is 0.423. The minimum absolute atomic E-state index is 0.0286. The third kappa shape index (κ3) is 4.69. The number of carbonyl (C=O) groups excluding carboxylic acids is 2. The second-order valence-electron chi connectivity index (χ2n) is 8.74. The van der Waals surface area contributed by atoms with Gasteiger partial charge in [0, 0.05) is 23.0 Å². The summed E-state index contributed by atoms with van der Waals surface area (Å²) in [5.74, 6) is -1.86. The number of aliphatic imine (C=N–C) groups is 1. The van der Waals surface area contributed by atoms with Crippen molar-refractivity contribution in [3.05, 3.63) is 65.7 Å². The molecule has 32 heavy (non-hydrogen) atoms. The van der Waals surface area contributed by atoms with Crippen molar-refractivity contribution < 1.29 is 23.8 Å². The first kappa shape index (κ1) is 23.5. The van der Waals surface area contributed by atoms with Crippen LogP contribution in [-0.2, 0) is 29.4 Å². The van der Waals surface area contributed by atoms with Crippen molar-refractivity contribution in [2.75, 3.05) is 13.2 Å². The number of para-hydroxylation sites is 1. The van der Waals surface area contributed by atoms with Crippen LogP contribution in [-0.4, -0.2) is 31.1 Å². The molecule has 0 aromatic heterocycles. The van der Waals surface area contributed by atoms with Gasteiger partial charge in [-0.15, -0.1) is 0 Å². The summed E-state index contributed by atoms with van der Waals surface area (Å²) in [5.41, 5.74) is 0.850. The van der Waals surface area contributed by atoms with Crippen LogP contribution in [0.1, 0.15) is 52.2 Å². The SMILES string of the molecule is CCOC(=O)C(C[C@@]1(c2ccccc2)OC(C(C)(C)C)=Nc2ccccc21)C(=O)OCC. The molecule has 2 aromatic carbocycles. The average Bonchev–Trinajstić information content (AvgIpc) is 2.77. The van der Waals surface area contributed by atoms with Crippen LogP contribution in [0.3, 0.4) is 0 Å². The fourth-order valence-electron chi connectivity index (χ4n) is 3.81. The molecule has 3 rings (SSSR count). The van der Waals surface area contributed by atoms with E-state index in [0.717, 1.165) is 16.8 Å². The van der Waals surface area contributed by atoms with Crippen molar-refractivity contribution in [1.29, 1.82) is 0 Å². The highest BCUT2D eigenvalue weighted by Gasteiger charge is 2.49. The Bertz CT molecular complexity index is 975. The Kier molecular flexibility index (Phi) is 7.02. The zero-order chi connectivity index (χ0) is 23.4. The summed E-state index contributed by atoms with van der Waals surface area (Å²) in [5, 5.41) is 0. The number of ether oxygens (including phenoxy) is 3. The summed E-state index contributed by atoms with van der Waals surface area (Å²) in [7, 11) is 0. The molecule has 0 amide bonds. The average molecular weight is 438 g/mol. The van der Waals surface area contributed by atoms with Crippen LogP contribution in [0.5, 0.6) is 0 Å². The Morgan fingerprint density at radius 2 is 1.50 bits per heavy atom. The van der Waals surface area contributed by atoms with Gasteiger partial charge in [0.2, 0.25) is 0 Å². The zero-order valence-corrected chi connectivity index (χ0v) is 19.4. The monoisotopic (exact) mass is 437 g/mol. The van der Waals surface area contributed by atoms with Gasteiger partial charge < -0.3 is 14.2 Å². The van der Waals surface area contributed by atoms with Crippen LogP contribution in [0.2, 0.25) is 0 Å². The van der Waals surface area contributed by atoms with E-state index >= 15 is 0 Å². The first-order valence-corrected chi connectivity index (χ1v) is 11.0. The van der Waals surface area contributed by atoms with Crippen molar-refractivity contribution in [1.82, 2.24) is 0 Å². The summed E-state index contributed by atoms with van der Waals surface area (Å²) in [6.07, 6.45) is 0.0286. The number of hydrogen-bond donors (Lipinski definition) is 0. The molecule has 6 heteroatoms. The van der Waals surface area contributed by atoms with E-state index in [1.165, 1.54) is 0 Å². The molecule has 0 saturated carbocycles. The fourth-order valence-corrected chi connectivity index (χ4v) is 3.81. The largest absolute Gasteiger partial charge is 0.465 e. The first-order chi connectivity index (χ1) is 15.2. The van der Waals surface area contributed by atoms with E-state index in [9.17, 15) is 9.59 Å². The highest BCUT2D eigenvalue weighted by atomic mass is 16.6. The Morgan fingerprint density at radius 3 is 2.06 bits per heavy atom. The lowest BCUT2D eigenvalue weighted by molar-refractivity contribution is -0.164. The van der Waals surface area contributed by atoms with E-state index < -0.39 is 28.9 Å². The first-order valence-electron chi connectivity index (χ1n) is 11.0. The molecule has 1 atom stereocenters. The van der Waals surface area contributed by atoms with E-state index in [1.54, 1.807) is 13.8 Å². The minimum Gasteiger partial charge on any atom is -0.465 e. The summed E-state index contributed by atoms with van der Waals surface area (Å²) in [4.78, 5) is 30.5. The quantitative estimate of drug-likeness (QED) is 0.441. The van der Waals surface area contributed by atoms with Crippen LogP contribution >= 0.6 is 0 Å². The molecule has 0 N–H and O–H groups in total. The molecule has 0 fully saturated rings. The van der Waals surface area contributed by atoms with Gasteiger partial charge in [0.15, 0.2) is 17.4 Å². The van der Waals surface area contributed by atoms with Crippen LogP contribution in [0.4, 0.5) is 5.69 Å². The summed E-state index contributed by atoms with van der Waals surface area (Å²) in [6.45, 7) is 9.81. The second kappa shape index (κ2) is 9.55. The standard InChI is InChI=1S/C26H31NO5/c1-6-30-22(28)19(23(29)31-7-2)17-26(18-13-9-8-10-14-18)20-15-11-12-16-21(20)27-24(32-26)25(3,4)5/h8-16,19H,6-7,17H2,1-5H3/t26-/m0/s1. The zero-order valence-electron chi connectivity index (χ0n) is 19.4. The molecule has 1 heterocycles. The number of benzene rings is 2. The van der Waals surface area contributed by atoms with Gasteiger partial charge in [-0.3, -0.25) is 9.59 Å². The topological polar surface area (TPSA) is 74.2 Å². The van der Waals surface area contributed by atoms with Crippen LogP contribution in [0.15, 0.2) is 59.6 Å². The molecule has 0 aliphatic carbocycles. The number of fused-ring (bicyclic) bond motifs is 1. The Labute approximate surface area is 189 Å². The predicted octanol–water partition coefficient (Wildman–Crippen LogP) is 5.17. The third-order valence-corrected chi connectivity index (χ3v) is 5.35. The smallest absolute Gasteiger partial charge is 0.320 e. The lowest BCUT2D eigenvalue weighted by Crippen LogP contribution is -2.44. The van der Waals surface area contributed by atoms with Gasteiger partial charge in [-0.05, 0) is 19.9 Å². The molecule has 0 unspecified atom stereocenters. The number of hydrogen-bond acceptors (Lipinski definition) is 6. The van der Waals surface area contributed by atoms with Gasteiger partial charge in [-0.1, -0.05) is 69.3 Å². The summed E-state index contributed by atoms with van der Waals surface area (Å²) < 4.78 is 17.2. The summed E-state index contributed by atoms with van der Waals surface area (Å²) in [6, 6.07) is 17.3. The molecule has 0 radical (unpaired) electrons. The van der Waals surface area contributed by atoms with E-state index in [4.69, 9.17) is 19.2 Å². The van der Waals surface area contributed by atoms with Gasteiger partial charge in [0.05, 0.1) is 18.9 Å². The maximum absolute atomic E-state index is 12.9. The van der Waals surface area contributed by atoms with Crippen molar-refractivity contribution >= 4 is 23.5 Å². The minimum atomic E-state index is -1.15. The third-order valence-electron chi connectivity index (χ3n) is 5.35. The van der Waals surface area contributed by atoms with Crippen molar-refractivity contribution in [2.45, 2.75) is 46.6 Å². The molecule has 0 saturated heterocycles. The normalized spacial score (nSPS) is 17.8. The predicted molar refractivity (Wildman–Crippen MR) is 123 cm³/mol. The molecular formula is C26H31NO5. The van der Waals surface area contributed by atoms with Crippen molar-refractivity contribution in [3.8, 4) is 0 Å². The van der Waals surface area contributed by atoms with Gasteiger partial charge in [-0.25, -0.2) is 4.99 Å². The molecule has 1 aliphatic rings. The molecule has 170 valence electrons. The number of nitrogens with zero attached hydrogens (tertiary/aromatic N) is 1. The molecule has 1 aliphatic heterocycles. The molecule has 2 aromatic rings. The second-order valence-corrected chi connectivity index (χ2v) is 8.74. The molecule has 6 nitrogen and oxygen atoms in total. The molecule has 0 bridgehead atoms. The van der Waals surface area contributed by atoms with Gasteiger partial charge in [0.1, 0.15) is 0 Å².